The SMILES string of the molecule is Cc1ccc(NC(=S)NCCCN2CCc3ccccc32)cc1N1CCCC1=O. The van der Waals surface area contributed by atoms with Crippen LogP contribution in [0.2, 0.25) is 0 Å². The number of fused-ring (bicyclic) bond motifs is 1. The van der Waals surface area contributed by atoms with Crippen molar-refractivity contribution < 1.29 is 4.79 Å². The van der Waals surface area contributed by atoms with E-state index >= 15 is 0 Å². The summed E-state index contributed by atoms with van der Waals surface area (Å²) in [4.78, 5) is 16.4. The van der Waals surface area contributed by atoms with Gasteiger partial charge in [0.05, 0.1) is 0 Å². The van der Waals surface area contributed by atoms with Crippen LogP contribution >= 0.6 is 12.2 Å². The first-order chi connectivity index (χ1) is 14.1. The van der Waals surface area contributed by atoms with Crippen molar-refractivity contribution in [3.05, 3.63) is 53.6 Å². The molecule has 29 heavy (non-hydrogen) atoms. The van der Waals surface area contributed by atoms with E-state index in [1.165, 1.54) is 11.3 Å². The Morgan fingerprint density at radius 1 is 1.10 bits per heavy atom. The van der Waals surface area contributed by atoms with Crippen molar-refractivity contribution in [1.82, 2.24) is 5.32 Å². The number of hydrogen-bond donors (Lipinski definition) is 2. The molecule has 2 aromatic carbocycles. The van der Waals surface area contributed by atoms with E-state index in [2.05, 4.69) is 39.8 Å². The monoisotopic (exact) mass is 408 g/mol. The van der Waals surface area contributed by atoms with Crippen LogP contribution in [0.4, 0.5) is 17.1 Å². The van der Waals surface area contributed by atoms with E-state index < -0.39 is 0 Å². The second-order valence-corrected chi connectivity index (χ2v) is 8.16. The summed E-state index contributed by atoms with van der Waals surface area (Å²) in [6, 6.07) is 14.7. The van der Waals surface area contributed by atoms with E-state index in [1.54, 1.807) is 0 Å². The zero-order valence-electron chi connectivity index (χ0n) is 16.9. The highest BCUT2D eigenvalue weighted by atomic mass is 32.1. The van der Waals surface area contributed by atoms with Gasteiger partial charge < -0.3 is 20.4 Å². The van der Waals surface area contributed by atoms with Crippen LogP contribution < -0.4 is 20.4 Å². The van der Waals surface area contributed by atoms with Crippen LogP contribution in [0.5, 0.6) is 0 Å². The molecule has 0 bridgehead atoms. The average Bonchev–Trinajstić information content (AvgIpc) is 3.33. The van der Waals surface area contributed by atoms with Crippen molar-refractivity contribution in [1.29, 1.82) is 0 Å². The second-order valence-electron chi connectivity index (χ2n) is 7.75. The van der Waals surface area contributed by atoms with E-state index in [0.717, 1.165) is 62.4 Å². The normalized spacial score (nSPS) is 15.6. The zero-order valence-corrected chi connectivity index (χ0v) is 17.7. The summed E-state index contributed by atoms with van der Waals surface area (Å²) in [6.07, 6.45) is 3.73. The third kappa shape index (κ3) is 4.53. The third-order valence-electron chi connectivity index (χ3n) is 5.70. The Morgan fingerprint density at radius 3 is 2.79 bits per heavy atom. The number of thiocarbonyl (C=S) groups is 1. The molecule has 2 aliphatic heterocycles. The molecule has 0 radical (unpaired) electrons. The van der Waals surface area contributed by atoms with E-state index in [0.29, 0.717) is 11.5 Å². The number of amides is 1. The molecule has 0 aliphatic carbocycles. The van der Waals surface area contributed by atoms with Gasteiger partial charge in [-0.25, -0.2) is 0 Å². The van der Waals surface area contributed by atoms with Gasteiger partial charge in [0.2, 0.25) is 5.91 Å². The lowest BCUT2D eigenvalue weighted by atomic mass is 10.1. The lowest BCUT2D eigenvalue weighted by molar-refractivity contribution is -0.117. The van der Waals surface area contributed by atoms with Crippen LogP contribution in [0.1, 0.15) is 30.4 Å². The fourth-order valence-corrected chi connectivity index (χ4v) is 4.39. The van der Waals surface area contributed by atoms with Gasteiger partial charge >= 0.3 is 0 Å². The van der Waals surface area contributed by atoms with Gasteiger partial charge in [0.1, 0.15) is 0 Å². The van der Waals surface area contributed by atoms with Crippen LogP contribution in [-0.4, -0.2) is 37.2 Å². The highest BCUT2D eigenvalue weighted by Crippen LogP contribution is 2.28. The van der Waals surface area contributed by atoms with E-state index in [9.17, 15) is 4.79 Å². The standard InChI is InChI=1S/C23H28N4OS/c1-17-9-10-19(16-21(17)27-14-4-8-22(27)28)25-23(29)24-12-5-13-26-15-11-18-6-2-3-7-20(18)26/h2-3,6-7,9-10,16H,4-5,8,11-15H2,1H3,(H2,24,25,29). The Balaban J connectivity index is 1.26. The minimum Gasteiger partial charge on any atom is -0.371 e. The molecule has 1 fully saturated rings. The molecule has 152 valence electrons. The van der Waals surface area contributed by atoms with Gasteiger partial charge in [0.25, 0.3) is 0 Å². The molecular formula is C23H28N4OS. The fraction of sp³-hybridized carbons (Fsp3) is 0.391. The predicted molar refractivity (Wildman–Crippen MR) is 124 cm³/mol. The number of anilines is 3. The van der Waals surface area contributed by atoms with Gasteiger partial charge in [-0.1, -0.05) is 24.3 Å². The van der Waals surface area contributed by atoms with Crippen LogP contribution in [0, 0.1) is 6.92 Å². The number of aryl methyl sites for hydroxylation is 1. The predicted octanol–water partition coefficient (Wildman–Crippen LogP) is 3.86. The van der Waals surface area contributed by atoms with Crippen molar-refractivity contribution in [2.45, 2.75) is 32.6 Å². The minimum atomic E-state index is 0.203. The van der Waals surface area contributed by atoms with Crippen molar-refractivity contribution in [2.75, 3.05) is 41.3 Å². The largest absolute Gasteiger partial charge is 0.371 e. The topological polar surface area (TPSA) is 47.6 Å². The molecule has 0 spiro atoms. The summed E-state index contributed by atoms with van der Waals surface area (Å²) in [7, 11) is 0. The van der Waals surface area contributed by atoms with E-state index in [4.69, 9.17) is 12.2 Å². The summed E-state index contributed by atoms with van der Waals surface area (Å²) in [5.74, 6) is 0.203. The summed E-state index contributed by atoms with van der Waals surface area (Å²) in [5.41, 5.74) is 5.82. The van der Waals surface area contributed by atoms with Crippen LogP contribution in [0.3, 0.4) is 0 Å². The number of para-hydroxylation sites is 1. The number of rotatable bonds is 6. The summed E-state index contributed by atoms with van der Waals surface area (Å²) in [6.45, 7) is 5.79. The summed E-state index contributed by atoms with van der Waals surface area (Å²) >= 11 is 5.46. The van der Waals surface area contributed by atoms with Crippen molar-refractivity contribution >= 4 is 40.3 Å². The molecule has 6 heteroatoms. The number of benzene rings is 2. The molecular weight excluding hydrogens is 380 g/mol. The minimum absolute atomic E-state index is 0.203. The number of carbonyl (C=O) groups is 1. The molecule has 1 amide bonds. The first-order valence-electron chi connectivity index (χ1n) is 10.4. The van der Waals surface area contributed by atoms with Crippen molar-refractivity contribution in [2.24, 2.45) is 0 Å². The second kappa shape index (κ2) is 8.82. The van der Waals surface area contributed by atoms with E-state index in [1.807, 2.05) is 30.0 Å². The first kappa shape index (κ1) is 19.7. The highest BCUT2D eigenvalue weighted by molar-refractivity contribution is 7.80. The maximum absolute atomic E-state index is 12.1. The molecule has 0 aromatic heterocycles. The van der Waals surface area contributed by atoms with Crippen molar-refractivity contribution in [3.8, 4) is 0 Å². The Labute approximate surface area is 178 Å². The van der Waals surface area contributed by atoms with Crippen LogP contribution in [0.15, 0.2) is 42.5 Å². The Hall–Kier alpha value is -2.60. The highest BCUT2D eigenvalue weighted by Gasteiger charge is 2.23. The quantitative estimate of drug-likeness (QED) is 0.561. The maximum Gasteiger partial charge on any atom is 0.227 e. The number of hydrogen-bond acceptors (Lipinski definition) is 3. The lowest BCUT2D eigenvalue weighted by Crippen LogP contribution is -2.32. The summed E-state index contributed by atoms with van der Waals surface area (Å²) in [5, 5.41) is 7.19. The van der Waals surface area contributed by atoms with E-state index in [-0.39, 0.29) is 5.91 Å². The molecule has 0 atom stereocenters. The van der Waals surface area contributed by atoms with Gasteiger partial charge in [0, 0.05) is 49.7 Å². The first-order valence-corrected chi connectivity index (χ1v) is 10.8. The molecule has 2 aromatic rings. The van der Waals surface area contributed by atoms with Crippen LogP contribution in [-0.2, 0) is 11.2 Å². The Morgan fingerprint density at radius 2 is 1.97 bits per heavy atom. The molecule has 1 saturated heterocycles. The van der Waals surface area contributed by atoms with Gasteiger partial charge in [-0.3, -0.25) is 4.79 Å². The van der Waals surface area contributed by atoms with Gasteiger partial charge in [-0.15, -0.1) is 0 Å². The molecule has 2 N–H and O–H groups in total. The number of nitrogens with zero attached hydrogens (tertiary/aromatic N) is 2. The lowest BCUT2D eigenvalue weighted by Gasteiger charge is -2.21. The molecule has 2 aliphatic rings. The molecule has 2 heterocycles. The maximum atomic E-state index is 12.1. The van der Waals surface area contributed by atoms with Gasteiger partial charge in [-0.2, -0.15) is 0 Å². The molecule has 0 unspecified atom stereocenters. The van der Waals surface area contributed by atoms with Gasteiger partial charge in [0.15, 0.2) is 5.11 Å². The number of carbonyl (C=O) groups excluding carboxylic acids is 1. The smallest absolute Gasteiger partial charge is 0.227 e. The van der Waals surface area contributed by atoms with Crippen molar-refractivity contribution in [3.63, 3.8) is 0 Å². The zero-order chi connectivity index (χ0) is 20.2. The van der Waals surface area contributed by atoms with Crippen LogP contribution in [0.25, 0.3) is 0 Å². The average molecular weight is 409 g/mol. The molecule has 4 rings (SSSR count). The number of nitrogens with one attached hydrogen (secondary N) is 2. The molecule has 0 saturated carbocycles. The Kier molecular flexibility index (Phi) is 6.00. The Bertz CT molecular complexity index is 914. The van der Waals surface area contributed by atoms with Gasteiger partial charge in [-0.05, 0) is 67.7 Å². The molecule has 5 nitrogen and oxygen atoms in total. The third-order valence-corrected chi connectivity index (χ3v) is 5.95. The fourth-order valence-electron chi connectivity index (χ4n) is 4.17. The summed E-state index contributed by atoms with van der Waals surface area (Å²) < 4.78 is 0.